The van der Waals surface area contributed by atoms with Gasteiger partial charge in [0.1, 0.15) is 16.4 Å². The van der Waals surface area contributed by atoms with Crippen LogP contribution in [0, 0.1) is 0 Å². The summed E-state index contributed by atoms with van der Waals surface area (Å²) in [7, 11) is 0. The maximum absolute atomic E-state index is 12.7. The van der Waals surface area contributed by atoms with Gasteiger partial charge in [-0.3, -0.25) is 4.79 Å². The molecule has 0 saturated carbocycles. The minimum atomic E-state index is -0.569. The zero-order chi connectivity index (χ0) is 23.2. The van der Waals surface area contributed by atoms with Gasteiger partial charge in [-0.15, -0.1) is 11.3 Å². The molecule has 1 heterocycles. The molecule has 4 rings (SSSR count). The molecule has 0 atom stereocenters. The summed E-state index contributed by atoms with van der Waals surface area (Å²) < 4.78 is 11.8. The number of para-hydroxylation sites is 1. The summed E-state index contributed by atoms with van der Waals surface area (Å²) in [5.41, 5.74) is 2.87. The molecule has 4 aromatic rings. The van der Waals surface area contributed by atoms with Crippen LogP contribution in [0.4, 0.5) is 0 Å². The number of fused-ring (bicyclic) bond motifs is 1. The van der Waals surface area contributed by atoms with E-state index >= 15 is 0 Å². The summed E-state index contributed by atoms with van der Waals surface area (Å²) in [5.74, 6) is -0.276. The quantitative estimate of drug-likeness (QED) is 0.147. The lowest BCUT2D eigenvalue weighted by Crippen LogP contribution is -2.24. The Hall–Kier alpha value is -3.39. The fraction of sp³-hybridized carbons (Fsp3) is 0.0417. The predicted molar refractivity (Wildman–Crippen MR) is 131 cm³/mol. The second-order valence-electron chi connectivity index (χ2n) is 6.71. The van der Waals surface area contributed by atoms with Crippen molar-refractivity contribution in [2.75, 3.05) is 6.61 Å². The monoisotopic (exact) mass is 498 g/mol. The molecule has 0 aliphatic carbocycles. The van der Waals surface area contributed by atoms with Crippen molar-refractivity contribution in [3.8, 4) is 11.5 Å². The zero-order valence-corrected chi connectivity index (χ0v) is 19.3. The average molecular weight is 499 g/mol. The number of amides is 1. The lowest BCUT2D eigenvalue weighted by molar-refractivity contribution is -0.123. The van der Waals surface area contributed by atoms with Crippen LogP contribution in [0.5, 0.6) is 11.5 Å². The minimum Gasteiger partial charge on any atom is -0.484 e. The summed E-state index contributed by atoms with van der Waals surface area (Å²) in [6, 6.07) is 21.0. The Morgan fingerprint density at radius 3 is 2.61 bits per heavy atom. The van der Waals surface area contributed by atoms with E-state index in [1.807, 2.05) is 24.3 Å². The van der Waals surface area contributed by atoms with E-state index in [1.54, 1.807) is 48.5 Å². The molecule has 0 unspecified atom stereocenters. The molecule has 0 aliphatic heterocycles. The van der Waals surface area contributed by atoms with Gasteiger partial charge in [-0.25, -0.2) is 10.2 Å². The second-order valence-corrected chi connectivity index (χ2v) is 8.57. The fourth-order valence-electron chi connectivity index (χ4n) is 2.88. The lowest BCUT2D eigenvalue weighted by Gasteiger charge is -2.07. The van der Waals surface area contributed by atoms with Crippen molar-refractivity contribution in [2.45, 2.75) is 0 Å². The van der Waals surface area contributed by atoms with Gasteiger partial charge >= 0.3 is 5.97 Å². The number of esters is 1. The van der Waals surface area contributed by atoms with E-state index in [0.29, 0.717) is 26.2 Å². The molecule has 0 bridgehead atoms. The van der Waals surface area contributed by atoms with E-state index in [4.69, 9.17) is 32.7 Å². The van der Waals surface area contributed by atoms with Gasteiger partial charge in [0, 0.05) is 20.7 Å². The SMILES string of the molecule is O=C(COc1cccc(Cl)c1)NN=Cc1ccccc1OC(=O)c1sc2ccccc2c1Cl. The summed E-state index contributed by atoms with van der Waals surface area (Å²) in [6.45, 7) is -0.237. The van der Waals surface area contributed by atoms with Gasteiger partial charge in [-0.05, 0) is 36.4 Å². The van der Waals surface area contributed by atoms with Crippen LogP contribution in [0.3, 0.4) is 0 Å². The molecular weight excluding hydrogens is 483 g/mol. The Kier molecular flexibility index (Phi) is 7.24. The highest BCUT2D eigenvalue weighted by Crippen LogP contribution is 2.36. The summed E-state index contributed by atoms with van der Waals surface area (Å²) in [4.78, 5) is 25.0. The first-order chi connectivity index (χ1) is 16.0. The summed E-state index contributed by atoms with van der Waals surface area (Å²) in [5, 5.41) is 5.59. The molecule has 6 nitrogen and oxygen atoms in total. The number of hydrogen-bond acceptors (Lipinski definition) is 6. The van der Waals surface area contributed by atoms with E-state index in [9.17, 15) is 9.59 Å². The highest BCUT2D eigenvalue weighted by Gasteiger charge is 2.19. The van der Waals surface area contributed by atoms with E-state index in [2.05, 4.69) is 10.5 Å². The fourth-order valence-corrected chi connectivity index (χ4v) is 4.45. The predicted octanol–water partition coefficient (Wildman–Crippen LogP) is 5.96. The number of nitrogens with one attached hydrogen (secondary N) is 1. The first-order valence-corrected chi connectivity index (χ1v) is 11.3. The number of benzene rings is 3. The average Bonchev–Trinajstić information content (AvgIpc) is 3.16. The molecule has 0 aliphatic rings. The van der Waals surface area contributed by atoms with Gasteiger partial charge in [-0.2, -0.15) is 5.10 Å². The van der Waals surface area contributed by atoms with Crippen LogP contribution < -0.4 is 14.9 Å². The molecule has 3 aromatic carbocycles. The molecule has 0 spiro atoms. The third-order valence-corrected chi connectivity index (χ3v) is 6.29. The largest absolute Gasteiger partial charge is 0.484 e. The Labute approximate surface area is 203 Å². The lowest BCUT2D eigenvalue weighted by atomic mass is 10.2. The third-order valence-electron chi connectivity index (χ3n) is 4.40. The van der Waals surface area contributed by atoms with E-state index < -0.39 is 11.9 Å². The standard InChI is InChI=1S/C24H16Cl2N2O4S/c25-16-7-5-8-17(12-16)31-14-21(29)28-27-13-15-6-1-3-10-19(15)32-24(30)23-22(26)18-9-2-4-11-20(18)33-23/h1-13H,14H2,(H,28,29). The first kappa shape index (κ1) is 22.8. The molecular formula is C24H16Cl2N2O4S. The van der Waals surface area contributed by atoms with Gasteiger partial charge in [0.15, 0.2) is 6.61 Å². The highest BCUT2D eigenvalue weighted by atomic mass is 35.5. The Morgan fingerprint density at radius 2 is 1.79 bits per heavy atom. The third kappa shape index (κ3) is 5.70. The Bertz CT molecular complexity index is 1350. The van der Waals surface area contributed by atoms with Crippen molar-refractivity contribution >= 4 is 62.7 Å². The molecule has 33 heavy (non-hydrogen) atoms. The van der Waals surface area contributed by atoms with Crippen molar-refractivity contribution in [1.29, 1.82) is 0 Å². The van der Waals surface area contributed by atoms with Crippen LogP contribution in [-0.2, 0) is 4.79 Å². The maximum atomic E-state index is 12.7. The number of hydrogen-bond donors (Lipinski definition) is 1. The van der Waals surface area contributed by atoms with Gasteiger partial charge in [0.25, 0.3) is 5.91 Å². The van der Waals surface area contributed by atoms with Crippen molar-refractivity contribution in [3.63, 3.8) is 0 Å². The molecule has 1 amide bonds. The number of carbonyl (C=O) groups excluding carboxylic acids is 2. The van der Waals surface area contributed by atoms with Crippen LogP contribution in [-0.4, -0.2) is 24.7 Å². The molecule has 9 heteroatoms. The Morgan fingerprint density at radius 1 is 1.00 bits per heavy atom. The number of ether oxygens (including phenoxy) is 2. The smallest absolute Gasteiger partial charge is 0.355 e. The zero-order valence-electron chi connectivity index (χ0n) is 17.0. The van der Waals surface area contributed by atoms with E-state index in [1.165, 1.54) is 17.6 Å². The highest BCUT2D eigenvalue weighted by molar-refractivity contribution is 7.21. The van der Waals surface area contributed by atoms with Crippen molar-refractivity contribution in [1.82, 2.24) is 5.43 Å². The Balaban J connectivity index is 1.39. The van der Waals surface area contributed by atoms with Gasteiger partial charge in [0.2, 0.25) is 0 Å². The number of nitrogens with zero attached hydrogens (tertiary/aromatic N) is 1. The van der Waals surface area contributed by atoms with E-state index in [-0.39, 0.29) is 12.4 Å². The number of carbonyl (C=O) groups is 2. The topological polar surface area (TPSA) is 77.0 Å². The van der Waals surface area contributed by atoms with Gasteiger partial charge in [-0.1, -0.05) is 59.6 Å². The maximum Gasteiger partial charge on any atom is 0.355 e. The number of thiophene rings is 1. The molecule has 166 valence electrons. The van der Waals surface area contributed by atoms with Crippen molar-refractivity contribution in [2.24, 2.45) is 5.10 Å². The van der Waals surface area contributed by atoms with E-state index in [0.717, 1.165) is 10.1 Å². The minimum absolute atomic E-state index is 0.237. The molecule has 0 saturated heterocycles. The molecule has 1 N–H and O–H groups in total. The number of hydrazone groups is 1. The van der Waals surface area contributed by atoms with Gasteiger partial charge in [0.05, 0.1) is 11.2 Å². The first-order valence-electron chi connectivity index (χ1n) is 9.70. The normalized spacial score (nSPS) is 11.0. The molecule has 1 aromatic heterocycles. The van der Waals surface area contributed by atoms with Crippen molar-refractivity contribution in [3.05, 3.63) is 93.3 Å². The van der Waals surface area contributed by atoms with Crippen LogP contribution in [0.25, 0.3) is 10.1 Å². The second kappa shape index (κ2) is 10.5. The van der Waals surface area contributed by atoms with Gasteiger partial charge < -0.3 is 9.47 Å². The summed E-state index contributed by atoms with van der Waals surface area (Å²) >= 11 is 13.5. The van der Waals surface area contributed by atoms with Crippen molar-refractivity contribution < 1.29 is 19.1 Å². The summed E-state index contributed by atoms with van der Waals surface area (Å²) in [6.07, 6.45) is 1.38. The molecule has 0 fully saturated rings. The number of rotatable bonds is 7. The van der Waals surface area contributed by atoms with Crippen LogP contribution in [0.1, 0.15) is 15.2 Å². The molecule has 0 radical (unpaired) electrons. The van der Waals surface area contributed by atoms with Crippen LogP contribution >= 0.6 is 34.5 Å². The van der Waals surface area contributed by atoms with Crippen LogP contribution in [0.2, 0.25) is 10.0 Å². The van der Waals surface area contributed by atoms with Crippen LogP contribution in [0.15, 0.2) is 77.9 Å². The number of halogens is 2.